The van der Waals surface area contributed by atoms with Crippen LogP contribution in [0.4, 0.5) is 0 Å². The molecule has 3 aromatic rings. The summed E-state index contributed by atoms with van der Waals surface area (Å²) in [4.78, 5) is 52.6. The van der Waals surface area contributed by atoms with Crippen LogP contribution in [0.25, 0.3) is 0 Å². The average molecular weight is 551 g/mol. The highest BCUT2D eigenvalue weighted by Gasteiger charge is 2.23. The Morgan fingerprint density at radius 3 is 1.13 bits per heavy atom. The Balaban J connectivity index is 1.28. The van der Waals surface area contributed by atoms with Gasteiger partial charge in [-0.25, -0.2) is 0 Å². The van der Waals surface area contributed by atoms with E-state index in [1.807, 2.05) is 24.3 Å². The minimum Gasteiger partial charge on any atom is -0.351 e. The van der Waals surface area contributed by atoms with E-state index in [-0.39, 0.29) is 23.6 Å². The summed E-state index contributed by atoms with van der Waals surface area (Å²) in [5, 5.41) is 11.9. The Hall–Kier alpha value is -3.50. The maximum atomic E-state index is 12.7. The van der Waals surface area contributed by atoms with E-state index in [1.54, 1.807) is 24.3 Å². The summed E-state index contributed by atoms with van der Waals surface area (Å²) < 4.78 is 0. The fourth-order valence-electron chi connectivity index (χ4n) is 4.77. The van der Waals surface area contributed by atoms with Gasteiger partial charge in [0.1, 0.15) is 0 Å². The number of hydrogen-bond acceptors (Lipinski definition) is 6. The lowest BCUT2D eigenvalue weighted by molar-refractivity contribution is 0.0927. The Labute approximate surface area is 229 Å². The summed E-state index contributed by atoms with van der Waals surface area (Å²) in [5.74, 6) is 0.0692. The molecule has 4 amide bonds. The number of rotatable bonds is 0. The van der Waals surface area contributed by atoms with Crippen molar-refractivity contribution in [2.75, 3.05) is 13.1 Å². The van der Waals surface area contributed by atoms with Gasteiger partial charge in [0.15, 0.2) is 0 Å². The largest absolute Gasteiger partial charge is 0.351 e. The molecule has 198 valence electrons. The predicted molar refractivity (Wildman–Crippen MR) is 148 cm³/mol. The van der Waals surface area contributed by atoms with Gasteiger partial charge in [0, 0.05) is 26.2 Å². The summed E-state index contributed by atoms with van der Waals surface area (Å²) in [5.41, 5.74) is 1.85. The molecule has 38 heavy (non-hydrogen) atoms. The predicted octanol–water partition coefficient (Wildman–Crippen LogP) is 3.95. The number of carbonyl (C=O) groups excluding carboxylic acids is 4. The molecule has 0 atom stereocenters. The molecule has 0 spiro atoms. The zero-order valence-corrected chi connectivity index (χ0v) is 22.5. The molecule has 6 heterocycles. The van der Waals surface area contributed by atoms with E-state index in [0.717, 1.165) is 36.8 Å². The normalized spacial score (nSPS) is 21.4. The molecular weight excluding hydrogens is 520 g/mol. The molecular formula is C28H30N4O4S2. The van der Waals surface area contributed by atoms with E-state index in [2.05, 4.69) is 21.3 Å². The highest BCUT2D eigenvalue weighted by Crippen LogP contribution is 2.28. The lowest BCUT2D eigenvalue weighted by Gasteiger charge is -2.28. The first-order valence-corrected chi connectivity index (χ1v) is 14.5. The van der Waals surface area contributed by atoms with Gasteiger partial charge in [0.2, 0.25) is 0 Å². The Bertz CT molecular complexity index is 1220. The van der Waals surface area contributed by atoms with Gasteiger partial charge in [0.25, 0.3) is 23.6 Å². The van der Waals surface area contributed by atoms with Crippen molar-refractivity contribution in [3.63, 3.8) is 0 Å². The summed E-state index contributed by atoms with van der Waals surface area (Å²) in [6.07, 6.45) is 3.96. The van der Waals surface area contributed by atoms with Gasteiger partial charge in [-0.05, 0) is 72.9 Å². The van der Waals surface area contributed by atoms with Crippen LogP contribution in [-0.4, -0.2) is 36.7 Å². The zero-order chi connectivity index (χ0) is 26.5. The number of nitrogens with one attached hydrogen (secondary N) is 4. The van der Waals surface area contributed by atoms with Crippen LogP contribution in [0.3, 0.4) is 0 Å². The number of hydrogen-bond donors (Lipinski definition) is 4. The molecule has 0 radical (unpaired) electrons. The van der Waals surface area contributed by atoms with Crippen LogP contribution >= 0.6 is 22.7 Å². The van der Waals surface area contributed by atoms with Crippen LogP contribution < -0.4 is 21.3 Å². The zero-order valence-electron chi connectivity index (χ0n) is 20.9. The topological polar surface area (TPSA) is 116 Å². The number of benzene rings is 1. The second-order valence-electron chi connectivity index (χ2n) is 9.82. The van der Waals surface area contributed by atoms with Gasteiger partial charge >= 0.3 is 0 Å². The smallest absolute Gasteiger partial charge is 0.261 e. The molecule has 10 heteroatoms. The maximum Gasteiger partial charge on any atom is 0.261 e. The first kappa shape index (κ1) is 26.1. The second-order valence-corrected chi connectivity index (χ2v) is 12.0. The monoisotopic (exact) mass is 550 g/mol. The van der Waals surface area contributed by atoms with Crippen LogP contribution in [-0.2, 0) is 13.1 Å². The van der Waals surface area contributed by atoms with Crippen LogP contribution in [0.2, 0.25) is 0 Å². The van der Waals surface area contributed by atoms with E-state index in [4.69, 9.17) is 0 Å². The molecule has 8 bridgehead atoms. The first-order valence-electron chi connectivity index (χ1n) is 12.8. The molecule has 0 unspecified atom stereocenters. The third kappa shape index (κ3) is 6.49. The minimum absolute atomic E-state index is 0.150. The minimum atomic E-state index is -0.215. The van der Waals surface area contributed by atoms with Crippen molar-refractivity contribution in [2.24, 2.45) is 11.8 Å². The SMILES string of the molecule is O=C1NCc2ccc(cc2)CNC(=O)c2ccc(s2)C(=O)NC[C@H]2CC[C@H](CC2)CNC(=O)c2ccc1s2. The quantitative estimate of drug-likeness (QED) is 0.339. The van der Waals surface area contributed by atoms with Gasteiger partial charge < -0.3 is 21.3 Å². The van der Waals surface area contributed by atoms with E-state index in [1.165, 1.54) is 22.7 Å². The van der Waals surface area contributed by atoms with Crippen LogP contribution in [0.1, 0.15) is 75.5 Å². The van der Waals surface area contributed by atoms with Gasteiger partial charge in [0.05, 0.1) is 19.5 Å². The Morgan fingerprint density at radius 2 is 0.789 bits per heavy atom. The molecule has 0 saturated heterocycles. The number of carbonyl (C=O) groups is 4. The van der Waals surface area contributed by atoms with Crippen molar-refractivity contribution in [1.29, 1.82) is 0 Å². The molecule has 4 aliphatic heterocycles. The third-order valence-corrected chi connectivity index (χ3v) is 9.27. The average Bonchev–Trinajstić information content (AvgIpc) is 3.64. The van der Waals surface area contributed by atoms with Crippen molar-refractivity contribution in [1.82, 2.24) is 21.3 Å². The van der Waals surface area contributed by atoms with Crippen LogP contribution in [0.5, 0.6) is 0 Å². The molecule has 8 rings (SSSR count). The number of thiophene rings is 2. The van der Waals surface area contributed by atoms with Crippen molar-refractivity contribution in [2.45, 2.75) is 38.8 Å². The molecule has 1 aromatic carbocycles. The summed E-state index contributed by atoms with van der Waals surface area (Å²) in [6.45, 7) is 1.92. The van der Waals surface area contributed by atoms with Gasteiger partial charge in [-0.1, -0.05) is 24.3 Å². The Morgan fingerprint density at radius 1 is 0.474 bits per heavy atom. The van der Waals surface area contributed by atoms with E-state index in [0.29, 0.717) is 57.5 Å². The summed E-state index contributed by atoms with van der Waals surface area (Å²) >= 11 is 2.38. The van der Waals surface area contributed by atoms with Crippen molar-refractivity contribution in [3.05, 3.63) is 79.2 Å². The number of amides is 4. The summed E-state index contributed by atoms with van der Waals surface area (Å²) in [6, 6.07) is 14.4. The van der Waals surface area contributed by atoms with Crippen LogP contribution in [0, 0.1) is 11.8 Å². The second kappa shape index (κ2) is 11.9. The lowest BCUT2D eigenvalue weighted by Crippen LogP contribution is -2.34. The van der Waals surface area contributed by atoms with Gasteiger partial charge in [-0.2, -0.15) is 0 Å². The Kier molecular flexibility index (Phi) is 8.19. The van der Waals surface area contributed by atoms with E-state index < -0.39 is 0 Å². The molecule has 4 N–H and O–H groups in total. The van der Waals surface area contributed by atoms with Gasteiger partial charge in [-0.15, -0.1) is 22.7 Å². The van der Waals surface area contributed by atoms with Crippen molar-refractivity contribution >= 4 is 46.3 Å². The molecule has 1 fully saturated rings. The van der Waals surface area contributed by atoms with Crippen LogP contribution in [0.15, 0.2) is 48.5 Å². The van der Waals surface area contributed by atoms with Gasteiger partial charge in [-0.3, -0.25) is 19.2 Å². The van der Waals surface area contributed by atoms with Crippen molar-refractivity contribution in [3.8, 4) is 0 Å². The van der Waals surface area contributed by atoms with E-state index >= 15 is 0 Å². The third-order valence-electron chi connectivity index (χ3n) is 7.11. The lowest BCUT2D eigenvalue weighted by atomic mass is 9.82. The molecule has 1 aliphatic carbocycles. The standard InChI is InChI=1S/C28H30N4O4S2/c33-25-21-9-10-23(37-21)27(35)31-15-19-5-7-20(8-6-19)16-32-28(36)24-12-11-22(38-24)26(34)30-14-18-2-1-17(3-4-18)13-29-25/h1-4,9-12,19-20H,5-8,13-16H2,(H,29,33)(H,30,34)(H,31,35)(H,32,36)/t19-,20+. The molecule has 2 aromatic heterocycles. The first-order chi connectivity index (χ1) is 18.4. The van der Waals surface area contributed by atoms with Crippen molar-refractivity contribution < 1.29 is 19.2 Å². The maximum absolute atomic E-state index is 12.7. The fourth-order valence-corrected chi connectivity index (χ4v) is 6.44. The fraction of sp³-hybridized carbons (Fsp3) is 0.357. The molecule has 5 aliphatic rings. The summed E-state index contributed by atoms with van der Waals surface area (Å²) in [7, 11) is 0. The van der Waals surface area contributed by atoms with E-state index in [9.17, 15) is 19.2 Å². The molecule has 1 saturated carbocycles. The highest BCUT2D eigenvalue weighted by molar-refractivity contribution is 7.16. The molecule has 8 nitrogen and oxygen atoms in total. The highest BCUT2D eigenvalue weighted by atomic mass is 32.1.